The summed E-state index contributed by atoms with van der Waals surface area (Å²) in [7, 11) is 0. The summed E-state index contributed by atoms with van der Waals surface area (Å²) in [5.74, 6) is 1.69. The summed E-state index contributed by atoms with van der Waals surface area (Å²) in [6.07, 6.45) is 0.186. The molecule has 3 heterocycles. The summed E-state index contributed by atoms with van der Waals surface area (Å²) in [4.78, 5) is 27.3. The molecule has 1 fully saturated rings. The van der Waals surface area contributed by atoms with Gasteiger partial charge in [-0.3, -0.25) is 4.99 Å². The van der Waals surface area contributed by atoms with E-state index in [2.05, 4.69) is 27.1 Å². The van der Waals surface area contributed by atoms with Crippen molar-refractivity contribution < 1.29 is 18.0 Å². The van der Waals surface area contributed by atoms with Gasteiger partial charge in [-0.15, -0.1) is 0 Å². The maximum Gasteiger partial charge on any atom is 0.418 e. The van der Waals surface area contributed by atoms with Crippen molar-refractivity contribution in [2.45, 2.75) is 25.6 Å². The van der Waals surface area contributed by atoms with E-state index in [0.717, 1.165) is 30.7 Å². The first kappa shape index (κ1) is 20.2. The first-order chi connectivity index (χ1) is 14.3. The number of nitrogens with zero attached hydrogens (tertiary/aromatic N) is 5. The highest BCUT2D eigenvalue weighted by molar-refractivity contribution is 6.03. The van der Waals surface area contributed by atoms with Crippen LogP contribution < -0.4 is 5.32 Å². The van der Waals surface area contributed by atoms with Crippen LogP contribution in [0.5, 0.6) is 0 Å². The third-order valence-electron chi connectivity index (χ3n) is 5.44. The number of carbonyl (C=O) groups is 1. The van der Waals surface area contributed by atoms with Crippen LogP contribution in [0.25, 0.3) is 0 Å². The van der Waals surface area contributed by atoms with Crippen molar-refractivity contribution in [3.8, 4) is 0 Å². The minimum Gasteiger partial charge on any atom is -0.353 e. The fraction of sp³-hybridized carbons (Fsp3) is 0.450. The Kier molecular flexibility index (Phi) is 5.40. The second-order valence-electron chi connectivity index (χ2n) is 7.40. The Morgan fingerprint density at radius 2 is 1.93 bits per heavy atom. The van der Waals surface area contributed by atoms with E-state index in [-0.39, 0.29) is 11.7 Å². The number of fused-ring (bicyclic) bond motifs is 1. The minimum atomic E-state index is -4.53. The molecule has 2 amide bonds. The number of benzene rings is 1. The van der Waals surface area contributed by atoms with Crippen molar-refractivity contribution >= 4 is 23.9 Å². The number of halogens is 3. The molecule has 4 rings (SSSR count). The second kappa shape index (κ2) is 8.00. The van der Waals surface area contributed by atoms with E-state index >= 15 is 0 Å². The van der Waals surface area contributed by atoms with Gasteiger partial charge in [0.2, 0.25) is 0 Å². The number of rotatable bonds is 3. The molecule has 0 bridgehead atoms. The van der Waals surface area contributed by atoms with Gasteiger partial charge in [-0.2, -0.15) is 13.2 Å². The van der Waals surface area contributed by atoms with Crippen molar-refractivity contribution in [1.29, 1.82) is 0 Å². The molecule has 0 saturated carbocycles. The number of hydrogen-bond donors (Lipinski definition) is 1. The van der Waals surface area contributed by atoms with E-state index in [4.69, 9.17) is 0 Å². The summed E-state index contributed by atoms with van der Waals surface area (Å²) >= 11 is 0. The molecular weight excluding hydrogens is 397 g/mol. The second-order valence-corrected chi connectivity index (χ2v) is 7.40. The van der Waals surface area contributed by atoms with Crippen LogP contribution in [0.15, 0.2) is 46.1 Å². The molecule has 10 heteroatoms. The van der Waals surface area contributed by atoms with E-state index in [9.17, 15) is 18.0 Å². The lowest BCUT2D eigenvalue weighted by molar-refractivity contribution is -0.136. The average Bonchev–Trinajstić information content (AvgIpc) is 3.16. The van der Waals surface area contributed by atoms with Crippen LogP contribution in [0.1, 0.15) is 18.9 Å². The molecule has 1 N–H and O–H groups in total. The lowest BCUT2D eigenvalue weighted by Crippen LogP contribution is -2.50. The van der Waals surface area contributed by atoms with Gasteiger partial charge in [0, 0.05) is 38.8 Å². The summed E-state index contributed by atoms with van der Waals surface area (Å²) in [5, 5.41) is 2.40. The quantitative estimate of drug-likeness (QED) is 0.817. The first-order valence-electron chi connectivity index (χ1n) is 9.92. The van der Waals surface area contributed by atoms with Gasteiger partial charge in [0.05, 0.1) is 23.6 Å². The number of hydrogen-bond acceptors (Lipinski definition) is 5. The molecule has 160 valence electrons. The Balaban J connectivity index is 1.37. The number of para-hydroxylation sites is 1. The summed E-state index contributed by atoms with van der Waals surface area (Å²) in [5.41, 5.74) is -1.09. The zero-order valence-corrected chi connectivity index (χ0v) is 16.6. The fourth-order valence-electron chi connectivity index (χ4n) is 3.70. The van der Waals surface area contributed by atoms with Crippen molar-refractivity contribution in [3.05, 3.63) is 41.7 Å². The van der Waals surface area contributed by atoms with Gasteiger partial charge in [-0.05, 0) is 18.6 Å². The van der Waals surface area contributed by atoms with Crippen molar-refractivity contribution in [3.63, 3.8) is 0 Å². The van der Waals surface area contributed by atoms with Crippen LogP contribution in [0, 0.1) is 0 Å². The number of aliphatic imine (C=N–C) groups is 2. The summed E-state index contributed by atoms with van der Waals surface area (Å²) in [6.45, 7) is 4.81. The van der Waals surface area contributed by atoms with Gasteiger partial charge in [0.15, 0.2) is 0 Å². The monoisotopic (exact) mass is 420 g/mol. The Morgan fingerprint density at radius 3 is 2.63 bits per heavy atom. The molecule has 0 radical (unpaired) electrons. The van der Waals surface area contributed by atoms with Crippen molar-refractivity contribution in [2.75, 3.05) is 38.0 Å². The van der Waals surface area contributed by atoms with Crippen LogP contribution >= 0.6 is 0 Å². The largest absolute Gasteiger partial charge is 0.418 e. The molecule has 7 nitrogen and oxygen atoms in total. The van der Waals surface area contributed by atoms with Gasteiger partial charge in [0.25, 0.3) is 0 Å². The molecule has 0 unspecified atom stereocenters. The Hall–Kier alpha value is -3.04. The number of nitrogens with one attached hydrogen (secondary N) is 1. The smallest absolute Gasteiger partial charge is 0.353 e. The molecule has 0 aliphatic carbocycles. The van der Waals surface area contributed by atoms with E-state index in [1.807, 2.05) is 11.0 Å². The molecule has 1 aromatic carbocycles. The standard InChI is InChI=1S/C20H23F3N6O/c1-2-14-12-29-13-24-17(11-18(29)25-14)27-7-9-28(10-8-27)19(30)26-16-6-4-3-5-15(16)20(21,22)23/h3-6,11,13-14H,2,7-10,12H2,1H3,(H,26,30)/t14-/m1/s1. The Bertz CT molecular complexity index is 902. The average molecular weight is 420 g/mol. The lowest BCUT2D eigenvalue weighted by atomic mass is 10.1. The number of amidine groups is 1. The first-order valence-corrected chi connectivity index (χ1v) is 9.92. The molecule has 1 atom stereocenters. The van der Waals surface area contributed by atoms with Gasteiger partial charge >= 0.3 is 12.2 Å². The van der Waals surface area contributed by atoms with Gasteiger partial charge in [0.1, 0.15) is 11.7 Å². The van der Waals surface area contributed by atoms with Crippen LogP contribution in [0.2, 0.25) is 0 Å². The van der Waals surface area contributed by atoms with Gasteiger partial charge in [-0.1, -0.05) is 19.1 Å². The van der Waals surface area contributed by atoms with Gasteiger partial charge in [-0.25, -0.2) is 9.79 Å². The van der Waals surface area contributed by atoms with E-state index in [1.165, 1.54) is 23.1 Å². The van der Waals surface area contributed by atoms with Crippen LogP contribution in [-0.2, 0) is 6.18 Å². The highest BCUT2D eigenvalue weighted by Gasteiger charge is 2.34. The highest BCUT2D eigenvalue weighted by Crippen LogP contribution is 2.34. The zero-order valence-electron chi connectivity index (χ0n) is 16.6. The van der Waals surface area contributed by atoms with E-state index in [1.54, 1.807) is 6.34 Å². The molecule has 1 saturated heterocycles. The van der Waals surface area contributed by atoms with Crippen LogP contribution in [0.4, 0.5) is 23.7 Å². The predicted octanol–water partition coefficient (Wildman–Crippen LogP) is 3.23. The maximum absolute atomic E-state index is 13.1. The number of alkyl halides is 3. The Morgan fingerprint density at radius 1 is 1.20 bits per heavy atom. The predicted molar refractivity (Wildman–Crippen MR) is 108 cm³/mol. The molecular formula is C20H23F3N6O. The van der Waals surface area contributed by atoms with Gasteiger partial charge < -0.3 is 20.0 Å². The zero-order chi connectivity index (χ0) is 21.3. The number of carbonyl (C=O) groups excluding carboxylic acids is 1. The third-order valence-corrected chi connectivity index (χ3v) is 5.44. The van der Waals surface area contributed by atoms with E-state index in [0.29, 0.717) is 26.2 Å². The molecule has 0 aromatic heterocycles. The van der Waals surface area contributed by atoms with Crippen LogP contribution in [0.3, 0.4) is 0 Å². The molecule has 0 spiro atoms. The summed E-state index contributed by atoms with van der Waals surface area (Å²) in [6, 6.07) is 4.73. The number of piperazine rings is 1. The van der Waals surface area contributed by atoms with Crippen LogP contribution in [-0.4, -0.2) is 71.7 Å². The highest BCUT2D eigenvalue weighted by atomic mass is 19.4. The number of amides is 2. The molecule has 1 aromatic rings. The summed E-state index contributed by atoms with van der Waals surface area (Å²) < 4.78 is 39.4. The maximum atomic E-state index is 13.1. The van der Waals surface area contributed by atoms with Crippen molar-refractivity contribution in [2.24, 2.45) is 9.98 Å². The number of anilines is 1. The molecule has 30 heavy (non-hydrogen) atoms. The number of urea groups is 1. The fourth-order valence-corrected chi connectivity index (χ4v) is 3.70. The lowest BCUT2D eigenvalue weighted by Gasteiger charge is -2.36. The normalized spacial score (nSPS) is 21.3. The molecule has 3 aliphatic heterocycles. The SMILES string of the molecule is CC[C@@H]1CN2C=NC(N3CCN(C(=O)Nc4ccccc4C(F)(F)F)CC3)=CC2=N1. The molecule has 3 aliphatic rings. The van der Waals surface area contributed by atoms with Crippen molar-refractivity contribution in [1.82, 2.24) is 14.7 Å². The van der Waals surface area contributed by atoms with E-state index < -0.39 is 17.8 Å². The third kappa shape index (κ3) is 4.12. The minimum absolute atomic E-state index is 0.234. The Labute approximate surface area is 172 Å². The topological polar surface area (TPSA) is 63.5 Å².